The van der Waals surface area contributed by atoms with Crippen LogP contribution in [0.1, 0.15) is 36.0 Å². The Morgan fingerprint density at radius 1 is 1.12 bits per heavy atom. The number of halogens is 1. The molecule has 0 bridgehead atoms. The lowest BCUT2D eigenvalue weighted by Gasteiger charge is -2.41. The number of nitrogens with one attached hydrogen (secondary N) is 1. The van der Waals surface area contributed by atoms with Crippen LogP contribution in [0, 0.1) is 0 Å². The maximum absolute atomic E-state index is 12.4. The van der Waals surface area contributed by atoms with Gasteiger partial charge in [0.05, 0.1) is 10.6 Å². The summed E-state index contributed by atoms with van der Waals surface area (Å²) in [6, 6.07) is 7.58. The molecule has 2 amide bonds. The van der Waals surface area contributed by atoms with E-state index in [0.717, 1.165) is 38.8 Å². The molecule has 25 heavy (non-hydrogen) atoms. The Morgan fingerprint density at radius 2 is 1.84 bits per heavy atom. The average Bonchev–Trinajstić information content (AvgIpc) is 2.62. The molecule has 0 saturated carbocycles. The monoisotopic (exact) mass is 365 g/mol. The Morgan fingerprint density at radius 3 is 2.52 bits per heavy atom. The zero-order valence-corrected chi connectivity index (χ0v) is 14.9. The van der Waals surface area contributed by atoms with E-state index in [1.807, 2.05) is 12.1 Å². The molecule has 1 aromatic rings. The lowest BCUT2D eigenvalue weighted by atomic mass is 9.98. The number of amides is 2. The zero-order valence-electron chi connectivity index (χ0n) is 14.2. The van der Waals surface area contributed by atoms with Crippen LogP contribution in [0.3, 0.4) is 0 Å². The third-order valence-corrected chi connectivity index (χ3v) is 5.49. The van der Waals surface area contributed by atoms with E-state index in [-0.39, 0.29) is 11.9 Å². The van der Waals surface area contributed by atoms with E-state index in [4.69, 9.17) is 16.7 Å². The maximum Gasteiger partial charge on any atom is 0.407 e. The summed E-state index contributed by atoms with van der Waals surface area (Å²) in [6.07, 6.45) is 2.88. The first-order chi connectivity index (χ1) is 12.0. The van der Waals surface area contributed by atoms with Crippen LogP contribution in [0.15, 0.2) is 24.3 Å². The molecule has 0 aromatic heterocycles. The molecular weight excluding hydrogens is 342 g/mol. The molecule has 0 aliphatic carbocycles. The van der Waals surface area contributed by atoms with Gasteiger partial charge in [0.25, 0.3) is 5.91 Å². The fourth-order valence-corrected chi connectivity index (χ4v) is 4.01. The van der Waals surface area contributed by atoms with Gasteiger partial charge in [0.15, 0.2) is 0 Å². The van der Waals surface area contributed by atoms with Crippen molar-refractivity contribution in [3.05, 3.63) is 34.9 Å². The van der Waals surface area contributed by atoms with Crippen LogP contribution in [0.2, 0.25) is 5.02 Å². The van der Waals surface area contributed by atoms with Gasteiger partial charge in [-0.3, -0.25) is 9.69 Å². The summed E-state index contributed by atoms with van der Waals surface area (Å²) in [5, 5.41) is 12.6. The van der Waals surface area contributed by atoms with Crippen LogP contribution in [0.25, 0.3) is 0 Å². The minimum atomic E-state index is -0.832. The number of likely N-dealkylation sites (tertiary alicyclic amines) is 2. The quantitative estimate of drug-likeness (QED) is 0.863. The lowest BCUT2D eigenvalue weighted by Crippen LogP contribution is -2.53. The van der Waals surface area contributed by atoms with Crippen molar-refractivity contribution in [2.75, 3.05) is 26.2 Å². The van der Waals surface area contributed by atoms with E-state index in [0.29, 0.717) is 29.7 Å². The number of hydrogen-bond acceptors (Lipinski definition) is 3. The molecule has 3 rings (SSSR count). The molecule has 2 N–H and O–H groups in total. The van der Waals surface area contributed by atoms with Gasteiger partial charge in [-0.25, -0.2) is 4.79 Å². The minimum Gasteiger partial charge on any atom is -0.465 e. The van der Waals surface area contributed by atoms with Crippen molar-refractivity contribution >= 4 is 23.6 Å². The highest BCUT2D eigenvalue weighted by Gasteiger charge is 2.30. The van der Waals surface area contributed by atoms with Crippen LogP contribution in [0.5, 0.6) is 0 Å². The Bertz CT molecular complexity index is 632. The second kappa shape index (κ2) is 8.06. The number of carbonyl (C=O) groups is 2. The fourth-order valence-electron chi connectivity index (χ4n) is 3.79. The summed E-state index contributed by atoms with van der Waals surface area (Å²) in [7, 11) is 0. The molecule has 0 spiro atoms. The Balaban J connectivity index is 1.54. The number of carboxylic acid groups (broad SMARTS) is 1. The van der Waals surface area contributed by atoms with Gasteiger partial charge in [0.2, 0.25) is 0 Å². The number of carbonyl (C=O) groups excluding carboxylic acids is 1. The molecule has 6 nitrogen and oxygen atoms in total. The molecule has 2 fully saturated rings. The lowest BCUT2D eigenvalue weighted by molar-refractivity contribution is 0.0697. The van der Waals surface area contributed by atoms with E-state index >= 15 is 0 Å². The summed E-state index contributed by atoms with van der Waals surface area (Å²) in [6.45, 7) is 3.00. The molecule has 2 saturated heterocycles. The van der Waals surface area contributed by atoms with E-state index in [2.05, 4.69) is 10.2 Å². The summed E-state index contributed by atoms with van der Waals surface area (Å²) in [4.78, 5) is 27.4. The smallest absolute Gasteiger partial charge is 0.407 e. The summed E-state index contributed by atoms with van der Waals surface area (Å²) in [5.41, 5.74) is 0.510. The van der Waals surface area contributed by atoms with Crippen molar-refractivity contribution in [1.29, 1.82) is 0 Å². The third-order valence-electron chi connectivity index (χ3n) is 5.16. The number of piperidine rings is 2. The molecule has 1 unspecified atom stereocenters. The third kappa shape index (κ3) is 4.44. The van der Waals surface area contributed by atoms with Gasteiger partial charge in [0, 0.05) is 31.7 Å². The van der Waals surface area contributed by atoms with Crippen molar-refractivity contribution < 1.29 is 14.7 Å². The van der Waals surface area contributed by atoms with E-state index in [1.165, 1.54) is 4.90 Å². The van der Waals surface area contributed by atoms with Gasteiger partial charge in [-0.2, -0.15) is 0 Å². The van der Waals surface area contributed by atoms with Crippen molar-refractivity contribution in [1.82, 2.24) is 15.1 Å². The zero-order chi connectivity index (χ0) is 17.8. The van der Waals surface area contributed by atoms with Crippen molar-refractivity contribution in [3.8, 4) is 0 Å². The van der Waals surface area contributed by atoms with Crippen LogP contribution in [0.4, 0.5) is 4.79 Å². The van der Waals surface area contributed by atoms with E-state index < -0.39 is 6.09 Å². The maximum atomic E-state index is 12.4. The standard InChI is InChI=1S/C18H24ClN3O3/c19-16-6-2-1-5-15(16)17(23)20-13-4-3-9-22(12-13)14-7-10-21(11-8-14)18(24)25/h1-2,5-6,13-14H,3-4,7-12H2,(H,20,23)(H,24,25). The van der Waals surface area contributed by atoms with Gasteiger partial charge < -0.3 is 15.3 Å². The van der Waals surface area contributed by atoms with Gasteiger partial charge in [-0.05, 0) is 44.4 Å². The summed E-state index contributed by atoms with van der Waals surface area (Å²) < 4.78 is 0. The molecule has 2 heterocycles. The normalized spacial score (nSPS) is 22.6. The predicted octanol–water partition coefficient (Wildman–Crippen LogP) is 2.68. The highest BCUT2D eigenvalue weighted by molar-refractivity contribution is 6.33. The number of benzene rings is 1. The fraction of sp³-hybridized carbons (Fsp3) is 0.556. The molecule has 2 aliphatic rings. The SMILES string of the molecule is O=C(NC1CCCN(C2CCN(C(=O)O)CC2)C1)c1ccccc1Cl. The molecule has 7 heteroatoms. The molecule has 1 atom stereocenters. The summed E-state index contributed by atoms with van der Waals surface area (Å²) >= 11 is 6.10. The predicted molar refractivity (Wildman–Crippen MR) is 96.1 cm³/mol. The second-order valence-corrected chi connectivity index (χ2v) is 7.20. The molecular formula is C18H24ClN3O3. The Hall–Kier alpha value is -1.79. The van der Waals surface area contributed by atoms with E-state index in [1.54, 1.807) is 12.1 Å². The minimum absolute atomic E-state index is 0.107. The van der Waals surface area contributed by atoms with Gasteiger partial charge in [-0.1, -0.05) is 23.7 Å². The highest BCUT2D eigenvalue weighted by atomic mass is 35.5. The first kappa shape index (κ1) is 18.0. The second-order valence-electron chi connectivity index (χ2n) is 6.79. The van der Waals surface area contributed by atoms with Gasteiger partial charge in [0.1, 0.15) is 0 Å². The number of nitrogens with zero attached hydrogens (tertiary/aromatic N) is 2. The Labute approximate surface area is 152 Å². The molecule has 0 radical (unpaired) electrons. The number of hydrogen-bond donors (Lipinski definition) is 2. The average molecular weight is 366 g/mol. The largest absolute Gasteiger partial charge is 0.465 e. The topological polar surface area (TPSA) is 72.9 Å². The molecule has 136 valence electrons. The number of rotatable bonds is 3. The van der Waals surface area contributed by atoms with Crippen LogP contribution < -0.4 is 5.32 Å². The highest BCUT2D eigenvalue weighted by Crippen LogP contribution is 2.22. The van der Waals surface area contributed by atoms with Crippen molar-refractivity contribution in [3.63, 3.8) is 0 Å². The van der Waals surface area contributed by atoms with Crippen LogP contribution in [-0.4, -0.2) is 65.2 Å². The van der Waals surface area contributed by atoms with Gasteiger partial charge in [-0.15, -0.1) is 0 Å². The Kier molecular flexibility index (Phi) is 5.81. The van der Waals surface area contributed by atoms with Crippen molar-refractivity contribution in [2.45, 2.75) is 37.8 Å². The molecule has 2 aliphatic heterocycles. The van der Waals surface area contributed by atoms with Crippen LogP contribution in [-0.2, 0) is 0 Å². The van der Waals surface area contributed by atoms with Gasteiger partial charge >= 0.3 is 6.09 Å². The van der Waals surface area contributed by atoms with Crippen LogP contribution >= 0.6 is 11.6 Å². The van der Waals surface area contributed by atoms with E-state index in [9.17, 15) is 9.59 Å². The first-order valence-corrected chi connectivity index (χ1v) is 9.19. The van der Waals surface area contributed by atoms with Crippen molar-refractivity contribution in [2.24, 2.45) is 0 Å². The first-order valence-electron chi connectivity index (χ1n) is 8.82. The molecule has 1 aromatic carbocycles. The summed E-state index contributed by atoms with van der Waals surface area (Å²) in [5.74, 6) is -0.127.